The van der Waals surface area contributed by atoms with Gasteiger partial charge in [-0.2, -0.15) is 0 Å². The molecule has 1 heterocycles. The summed E-state index contributed by atoms with van der Waals surface area (Å²) in [5, 5.41) is 2.94. The van der Waals surface area contributed by atoms with Gasteiger partial charge in [0.2, 0.25) is 5.91 Å². The van der Waals surface area contributed by atoms with Crippen LogP contribution in [0.3, 0.4) is 0 Å². The van der Waals surface area contributed by atoms with Gasteiger partial charge in [0.25, 0.3) is 0 Å². The maximum absolute atomic E-state index is 11.9. The topological polar surface area (TPSA) is 60.5 Å². The Morgan fingerprint density at radius 1 is 1.17 bits per heavy atom. The van der Waals surface area contributed by atoms with Crippen molar-refractivity contribution in [2.24, 2.45) is 5.92 Å². The van der Waals surface area contributed by atoms with E-state index in [4.69, 9.17) is 9.47 Å². The molecule has 1 aromatic heterocycles. The number of hydrogen-bond acceptors (Lipinski definition) is 4. The molecule has 1 N–H and O–H groups in total. The van der Waals surface area contributed by atoms with E-state index in [-0.39, 0.29) is 11.8 Å². The van der Waals surface area contributed by atoms with Crippen molar-refractivity contribution in [1.29, 1.82) is 0 Å². The molecule has 5 nitrogen and oxygen atoms in total. The standard InChI is InChI=1S/C19H24N2O3/c1-4-14(2)19(22)21-12-16-5-6-17(18(11-16)23-3)24-13-15-7-9-20-10-8-15/h5-11,14H,4,12-13H2,1-3H3,(H,21,22)/t14-/m1/s1. The molecule has 0 spiro atoms. The van der Waals surface area contributed by atoms with E-state index in [1.54, 1.807) is 19.5 Å². The van der Waals surface area contributed by atoms with Gasteiger partial charge in [0.05, 0.1) is 7.11 Å². The van der Waals surface area contributed by atoms with Gasteiger partial charge >= 0.3 is 0 Å². The molecule has 0 saturated heterocycles. The molecule has 0 saturated carbocycles. The first-order chi connectivity index (χ1) is 11.6. The van der Waals surface area contributed by atoms with Crippen molar-refractivity contribution >= 4 is 5.91 Å². The van der Waals surface area contributed by atoms with Crippen LogP contribution in [0.15, 0.2) is 42.7 Å². The highest BCUT2D eigenvalue weighted by molar-refractivity contribution is 5.78. The van der Waals surface area contributed by atoms with E-state index in [0.29, 0.717) is 24.7 Å². The summed E-state index contributed by atoms with van der Waals surface area (Å²) in [6.07, 6.45) is 4.30. The summed E-state index contributed by atoms with van der Waals surface area (Å²) in [6.45, 7) is 4.85. The first kappa shape index (κ1) is 17.8. The number of rotatable bonds is 8. The number of aromatic nitrogens is 1. The summed E-state index contributed by atoms with van der Waals surface area (Å²) in [5.74, 6) is 1.41. The van der Waals surface area contributed by atoms with Gasteiger partial charge in [-0.25, -0.2) is 0 Å². The summed E-state index contributed by atoms with van der Waals surface area (Å²) in [5.41, 5.74) is 2.01. The van der Waals surface area contributed by atoms with Crippen LogP contribution in [0.1, 0.15) is 31.4 Å². The summed E-state index contributed by atoms with van der Waals surface area (Å²) in [6, 6.07) is 9.50. The van der Waals surface area contributed by atoms with Crippen LogP contribution >= 0.6 is 0 Å². The summed E-state index contributed by atoms with van der Waals surface area (Å²) in [7, 11) is 1.61. The van der Waals surface area contributed by atoms with Gasteiger partial charge in [-0.05, 0) is 41.8 Å². The van der Waals surface area contributed by atoms with E-state index in [1.807, 2.05) is 44.2 Å². The minimum absolute atomic E-state index is 0.0230. The average Bonchev–Trinajstić information content (AvgIpc) is 2.64. The highest BCUT2D eigenvalue weighted by Crippen LogP contribution is 2.28. The number of nitrogens with one attached hydrogen (secondary N) is 1. The second kappa shape index (κ2) is 8.91. The van der Waals surface area contributed by atoms with E-state index in [0.717, 1.165) is 17.5 Å². The SMILES string of the molecule is CC[C@@H](C)C(=O)NCc1ccc(OCc2ccncc2)c(OC)c1. The Kier molecular flexibility index (Phi) is 6.61. The number of ether oxygens (including phenoxy) is 2. The lowest BCUT2D eigenvalue weighted by atomic mass is 10.1. The van der Waals surface area contributed by atoms with E-state index < -0.39 is 0 Å². The van der Waals surface area contributed by atoms with Crippen LogP contribution in [0.4, 0.5) is 0 Å². The Morgan fingerprint density at radius 3 is 2.58 bits per heavy atom. The van der Waals surface area contributed by atoms with E-state index >= 15 is 0 Å². The third-order valence-corrected chi connectivity index (χ3v) is 3.90. The number of methoxy groups -OCH3 is 1. The van der Waals surface area contributed by atoms with Crippen molar-refractivity contribution < 1.29 is 14.3 Å². The van der Waals surface area contributed by atoms with Crippen LogP contribution in [0.5, 0.6) is 11.5 Å². The number of pyridine rings is 1. The Bertz CT molecular complexity index is 659. The number of carbonyl (C=O) groups excluding carboxylic acids is 1. The number of carbonyl (C=O) groups is 1. The molecular formula is C19H24N2O3. The highest BCUT2D eigenvalue weighted by atomic mass is 16.5. The fraction of sp³-hybridized carbons (Fsp3) is 0.368. The van der Waals surface area contributed by atoms with Gasteiger partial charge in [-0.3, -0.25) is 9.78 Å². The normalized spacial score (nSPS) is 11.6. The van der Waals surface area contributed by atoms with Crippen molar-refractivity contribution in [2.75, 3.05) is 7.11 Å². The molecule has 0 bridgehead atoms. The van der Waals surface area contributed by atoms with E-state index in [2.05, 4.69) is 10.3 Å². The monoisotopic (exact) mass is 328 g/mol. The fourth-order valence-corrected chi connectivity index (χ4v) is 2.13. The number of nitrogens with zero attached hydrogens (tertiary/aromatic N) is 1. The Morgan fingerprint density at radius 2 is 1.92 bits per heavy atom. The molecule has 0 aliphatic heterocycles. The van der Waals surface area contributed by atoms with Gasteiger partial charge in [0, 0.05) is 24.9 Å². The molecule has 24 heavy (non-hydrogen) atoms. The van der Waals surface area contributed by atoms with E-state index in [9.17, 15) is 4.79 Å². The largest absolute Gasteiger partial charge is 0.493 e. The summed E-state index contributed by atoms with van der Waals surface area (Å²) >= 11 is 0. The van der Waals surface area contributed by atoms with Gasteiger partial charge in [0.15, 0.2) is 11.5 Å². The quantitative estimate of drug-likeness (QED) is 0.807. The lowest BCUT2D eigenvalue weighted by Crippen LogP contribution is -2.28. The second-order valence-corrected chi connectivity index (χ2v) is 5.66. The van der Waals surface area contributed by atoms with Gasteiger partial charge < -0.3 is 14.8 Å². The molecule has 2 aromatic rings. The molecule has 5 heteroatoms. The number of hydrogen-bond donors (Lipinski definition) is 1. The van der Waals surface area contributed by atoms with Crippen molar-refractivity contribution in [3.63, 3.8) is 0 Å². The average molecular weight is 328 g/mol. The van der Waals surface area contributed by atoms with E-state index in [1.165, 1.54) is 0 Å². The smallest absolute Gasteiger partial charge is 0.223 e. The Balaban J connectivity index is 1.98. The molecule has 0 aliphatic carbocycles. The Hall–Kier alpha value is -2.56. The zero-order valence-electron chi connectivity index (χ0n) is 14.4. The van der Waals surface area contributed by atoms with Crippen molar-refractivity contribution in [1.82, 2.24) is 10.3 Å². The first-order valence-corrected chi connectivity index (χ1v) is 8.10. The van der Waals surface area contributed by atoms with Gasteiger partial charge in [-0.15, -0.1) is 0 Å². The van der Waals surface area contributed by atoms with Crippen molar-refractivity contribution in [3.05, 3.63) is 53.9 Å². The molecule has 2 rings (SSSR count). The minimum Gasteiger partial charge on any atom is -0.493 e. The van der Waals surface area contributed by atoms with Crippen LogP contribution in [-0.2, 0) is 17.9 Å². The number of amides is 1. The molecule has 128 valence electrons. The third kappa shape index (κ3) is 4.98. The molecule has 0 aliphatic rings. The summed E-state index contributed by atoms with van der Waals surface area (Å²) in [4.78, 5) is 15.8. The summed E-state index contributed by atoms with van der Waals surface area (Å²) < 4.78 is 11.2. The molecule has 0 unspecified atom stereocenters. The van der Waals surface area contributed by atoms with Crippen LogP contribution in [-0.4, -0.2) is 18.0 Å². The van der Waals surface area contributed by atoms with Crippen LogP contribution in [0.2, 0.25) is 0 Å². The lowest BCUT2D eigenvalue weighted by molar-refractivity contribution is -0.124. The maximum Gasteiger partial charge on any atom is 0.223 e. The zero-order valence-corrected chi connectivity index (χ0v) is 14.4. The minimum atomic E-state index is 0.0230. The third-order valence-electron chi connectivity index (χ3n) is 3.90. The van der Waals surface area contributed by atoms with Crippen LogP contribution in [0, 0.1) is 5.92 Å². The second-order valence-electron chi connectivity index (χ2n) is 5.66. The first-order valence-electron chi connectivity index (χ1n) is 8.10. The van der Waals surface area contributed by atoms with Crippen molar-refractivity contribution in [2.45, 2.75) is 33.4 Å². The predicted molar refractivity (Wildman–Crippen MR) is 92.9 cm³/mol. The van der Waals surface area contributed by atoms with Crippen LogP contribution in [0.25, 0.3) is 0 Å². The predicted octanol–water partition coefficient (Wildman–Crippen LogP) is 3.33. The van der Waals surface area contributed by atoms with Gasteiger partial charge in [0.1, 0.15) is 6.61 Å². The fourth-order valence-electron chi connectivity index (χ4n) is 2.13. The molecule has 1 amide bonds. The molecule has 1 atom stereocenters. The molecular weight excluding hydrogens is 304 g/mol. The zero-order chi connectivity index (χ0) is 17.4. The van der Waals surface area contributed by atoms with Gasteiger partial charge in [-0.1, -0.05) is 19.9 Å². The highest BCUT2D eigenvalue weighted by Gasteiger charge is 2.11. The Labute approximate surface area is 143 Å². The molecule has 1 aromatic carbocycles. The molecule has 0 radical (unpaired) electrons. The molecule has 0 fully saturated rings. The van der Waals surface area contributed by atoms with Crippen LogP contribution < -0.4 is 14.8 Å². The van der Waals surface area contributed by atoms with Crippen molar-refractivity contribution in [3.8, 4) is 11.5 Å². The number of benzene rings is 1. The lowest BCUT2D eigenvalue weighted by Gasteiger charge is -2.14. The maximum atomic E-state index is 11.9.